The molecule has 0 aliphatic heterocycles. The van der Waals surface area contributed by atoms with Crippen LogP contribution < -0.4 is 4.72 Å². The van der Waals surface area contributed by atoms with Gasteiger partial charge in [-0.3, -0.25) is 10.0 Å². The Balaban J connectivity index is 1.80. The Morgan fingerprint density at radius 1 is 0.778 bits per heavy atom. The van der Waals surface area contributed by atoms with Gasteiger partial charge < -0.3 is 0 Å². The predicted molar refractivity (Wildman–Crippen MR) is 139 cm³/mol. The molecule has 0 aliphatic carbocycles. The summed E-state index contributed by atoms with van der Waals surface area (Å²) in [6.45, 7) is 3.32. The van der Waals surface area contributed by atoms with Crippen LogP contribution in [0.5, 0.6) is 0 Å². The van der Waals surface area contributed by atoms with E-state index in [4.69, 9.17) is 0 Å². The summed E-state index contributed by atoms with van der Waals surface area (Å²) in [5.74, 6) is -0.818. The van der Waals surface area contributed by atoms with Crippen molar-refractivity contribution in [3.63, 3.8) is 0 Å². The highest BCUT2D eigenvalue weighted by Crippen LogP contribution is 2.33. The minimum absolute atomic E-state index is 0.0233. The van der Waals surface area contributed by atoms with Crippen LogP contribution in [0.15, 0.2) is 120 Å². The molecular formula is C29H28N2O4S. The van der Waals surface area contributed by atoms with Gasteiger partial charge in [0.2, 0.25) is 10.0 Å². The van der Waals surface area contributed by atoms with Gasteiger partial charge in [0, 0.05) is 0 Å². The Hall–Kier alpha value is -3.78. The second-order valence-corrected chi connectivity index (χ2v) is 10.5. The zero-order valence-electron chi connectivity index (χ0n) is 20.1. The molecule has 0 saturated heterocycles. The molecule has 1 amide bonds. The largest absolute Gasteiger partial charge is 0.285 e. The highest BCUT2D eigenvalue weighted by molar-refractivity contribution is 7.89. The van der Waals surface area contributed by atoms with Crippen molar-refractivity contribution in [3.05, 3.63) is 138 Å². The molecule has 4 aromatic rings. The van der Waals surface area contributed by atoms with Gasteiger partial charge in [-0.05, 0) is 42.7 Å². The first kappa shape index (κ1) is 25.3. The Kier molecular flexibility index (Phi) is 7.35. The van der Waals surface area contributed by atoms with E-state index in [0.717, 1.165) is 5.56 Å². The summed E-state index contributed by atoms with van der Waals surface area (Å²) in [7, 11) is -4.12. The van der Waals surface area contributed by atoms with E-state index in [-0.39, 0.29) is 4.90 Å². The van der Waals surface area contributed by atoms with Gasteiger partial charge in [-0.1, -0.05) is 109 Å². The maximum absolute atomic E-state index is 14.1. The fraction of sp³-hybridized carbons (Fsp3) is 0.138. The van der Waals surface area contributed by atoms with Crippen molar-refractivity contribution in [2.24, 2.45) is 0 Å². The van der Waals surface area contributed by atoms with E-state index < -0.39 is 27.5 Å². The quantitative estimate of drug-likeness (QED) is 0.257. The molecular weight excluding hydrogens is 472 g/mol. The molecule has 0 aromatic heterocycles. The van der Waals surface area contributed by atoms with Gasteiger partial charge in [-0.15, -0.1) is 0 Å². The van der Waals surface area contributed by atoms with Crippen LogP contribution in [0.1, 0.15) is 35.2 Å². The van der Waals surface area contributed by atoms with E-state index in [0.29, 0.717) is 21.8 Å². The van der Waals surface area contributed by atoms with Gasteiger partial charge in [0.1, 0.15) is 11.6 Å². The monoisotopic (exact) mass is 500 g/mol. The van der Waals surface area contributed by atoms with Crippen molar-refractivity contribution in [2.45, 2.75) is 30.3 Å². The van der Waals surface area contributed by atoms with E-state index in [9.17, 15) is 18.4 Å². The fourth-order valence-electron chi connectivity index (χ4n) is 4.13. The number of sulfonamides is 1. The molecule has 0 saturated carbocycles. The predicted octanol–water partition coefficient (Wildman–Crippen LogP) is 5.20. The van der Waals surface area contributed by atoms with Crippen LogP contribution >= 0.6 is 0 Å². The fourth-order valence-corrected chi connectivity index (χ4v) is 5.49. The molecule has 0 unspecified atom stereocenters. The number of aryl methyl sites for hydroxylation is 1. The molecule has 7 heteroatoms. The van der Waals surface area contributed by atoms with Gasteiger partial charge >= 0.3 is 0 Å². The van der Waals surface area contributed by atoms with Crippen LogP contribution in [0.25, 0.3) is 0 Å². The number of nitrogens with zero attached hydrogens (tertiary/aromatic N) is 1. The summed E-state index contributed by atoms with van der Waals surface area (Å²) in [5.41, 5.74) is 0.852. The maximum atomic E-state index is 14.1. The van der Waals surface area contributed by atoms with Crippen LogP contribution in [0, 0.1) is 6.92 Å². The van der Waals surface area contributed by atoms with Crippen LogP contribution in [0.4, 0.5) is 0 Å². The van der Waals surface area contributed by atoms with Crippen molar-refractivity contribution in [1.29, 1.82) is 0 Å². The van der Waals surface area contributed by atoms with E-state index in [1.807, 2.05) is 67.6 Å². The van der Waals surface area contributed by atoms with Crippen molar-refractivity contribution < 1.29 is 18.4 Å². The van der Waals surface area contributed by atoms with Crippen LogP contribution in [-0.4, -0.2) is 24.6 Å². The van der Waals surface area contributed by atoms with Gasteiger partial charge in [0.05, 0.1) is 4.90 Å². The second-order valence-electron chi connectivity index (χ2n) is 8.78. The third-order valence-electron chi connectivity index (χ3n) is 6.13. The number of amides is 1. The Morgan fingerprint density at radius 3 is 1.69 bits per heavy atom. The van der Waals surface area contributed by atoms with Crippen LogP contribution in [0.3, 0.4) is 0 Å². The zero-order valence-corrected chi connectivity index (χ0v) is 20.9. The van der Waals surface area contributed by atoms with E-state index in [1.54, 1.807) is 42.5 Å². The van der Waals surface area contributed by atoms with Crippen molar-refractivity contribution in [2.75, 3.05) is 0 Å². The molecule has 36 heavy (non-hydrogen) atoms. The first-order valence-electron chi connectivity index (χ1n) is 11.5. The van der Waals surface area contributed by atoms with Crippen molar-refractivity contribution in [3.8, 4) is 0 Å². The molecule has 0 aliphatic rings. The van der Waals surface area contributed by atoms with Gasteiger partial charge in [0.15, 0.2) is 0 Å². The maximum Gasteiger partial charge on any atom is 0.272 e. The summed E-state index contributed by atoms with van der Waals surface area (Å²) in [6, 6.07) is 32.2. The molecule has 4 aromatic carbocycles. The number of carbonyl (C=O) groups excluding carboxylic acids is 1. The minimum Gasteiger partial charge on any atom is -0.285 e. The number of nitrogens with one attached hydrogen (secondary N) is 1. The van der Waals surface area contributed by atoms with E-state index in [2.05, 4.69) is 4.72 Å². The average Bonchev–Trinajstić information content (AvgIpc) is 2.90. The van der Waals surface area contributed by atoms with Gasteiger partial charge in [-0.2, -0.15) is 4.72 Å². The standard InChI is InChI=1S/C29H28N2O4S/c1-22-18-20-26(21-19-22)36(34,35)30-29(2,25-16-10-5-11-17-25)28(32)31(33)27(23-12-6-3-7-13-23)24-14-8-4-9-15-24/h3-21,27,30,33H,1-2H3/t29-/m0/s1. The minimum atomic E-state index is -4.12. The summed E-state index contributed by atoms with van der Waals surface area (Å²) >= 11 is 0. The van der Waals surface area contributed by atoms with Gasteiger partial charge in [0.25, 0.3) is 5.91 Å². The summed E-state index contributed by atoms with van der Waals surface area (Å²) in [5, 5.41) is 12.1. The zero-order chi connectivity index (χ0) is 25.8. The number of hydroxylamine groups is 2. The number of hydrogen-bond donors (Lipinski definition) is 2. The number of benzene rings is 4. The Morgan fingerprint density at radius 2 is 1.22 bits per heavy atom. The van der Waals surface area contributed by atoms with Crippen molar-refractivity contribution >= 4 is 15.9 Å². The van der Waals surface area contributed by atoms with Crippen molar-refractivity contribution in [1.82, 2.24) is 9.79 Å². The van der Waals surface area contributed by atoms with Gasteiger partial charge in [-0.25, -0.2) is 13.5 Å². The molecule has 6 nitrogen and oxygen atoms in total. The average molecular weight is 501 g/mol. The van der Waals surface area contributed by atoms with E-state index in [1.165, 1.54) is 19.1 Å². The molecule has 0 radical (unpaired) electrons. The number of rotatable bonds is 8. The smallest absolute Gasteiger partial charge is 0.272 e. The van der Waals surface area contributed by atoms with Crippen LogP contribution in [-0.2, 0) is 20.4 Å². The molecule has 0 fully saturated rings. The highest BCUT2D eigenvalue weighted by Gasteiger charge is 2.44. The lowest BCUT2D eigenvalue weighted by Gasteiger charge is -2.36. The Bertz CT molecular complexity index is 1370. The SMILES string of the molecule is Cc1ccc(S(=O)(=O)N[C@](C)(C(=O)N(O)C(c2ccccc2)c2ccccc2)c2ccccc2)cc1. The molecule has 184 valence electrons. The number of hydrogen-bond acceptors (Lipinski definition) is 4. The molecule has 0 bridgehead atoms. The first-order valence-corrected chi connectivity index (χ1v) is 13.0. The third-order valence-corrected chi connectivity index (χ3v) is 7.70. The summed E-state index contributed by atoms with van der Waals surface area (Å²) < 4.78 is 29.4. The molecule has 0 heterocycles. The lowest BCUT2D eigenvalue weighted by Crippen LogP contribution is -2.55. The second kappa shape index (κ2) is 10.5. The third kappa shape index (κ3) is 5.23. The lowest BCUT2D eigenvalue weighted by atomic mass is 9.90. The molecule has 2 N–H and O–H groups in total. The normalized spacial score (nSPS) is 13.2. The Labute approximate surface area is 211 Å². The lowest BCUT2D eigenvalue weighted by molar-refractivity contribution is -0.180. The summed E-state index contributed by atoms with van der Waals surface area (Å²) in [6.07, 6.45) is 0. The summed E-state index contributed by atoms with van der Waals surface area (Å²) in [4.78, 5) is 14.1. The van der Waals surface area contributed by atoms with E-state index >= 15 is 0 Å². The topological polar surface area (TPSA) is 86.7 Å². The molecule has 4 rings (SSSR count). The molecule has 1 atom stereocenters. The molecule has 0 spiro atoms. The first-order chi connectivity index (χ1) is 17.2. The highest BCUT2D eigenvalue weighted by atomic mass is 32.2. The number of carbonyl (C=O) groups is 1. The van der Waals surface area contributed by atoms with Crippen LogP contribution in [0.2, 0.25) is 0 Å².